The molecule has 23 fully saturated rings. The Morgan fingerprint density at radius 1 is 0.405 bits per heavy atom. The van der Waals surface area contributed by atoms with E-state index in [1.165, 1.54) is 19.3 Å². The molecule has 20 aliphatic carbocycles. The van der Waals surface area contributed by atoms with Crippen LogP contribution in [0.1, 0.15) is 208 Å². The molecule has 16 atom stereocenters. The molecule has 23 aliphatic rings. The van der Waals surface area contributed by atoms with Crippen molar-refractivity contribution in [2.75, 3.05) is 52.9 Å². The highest BCUT2D eigenvalue weighted by atomic mass is 32.2. The number of carbonyl (C=O) groups excluding carboxylic acids is 8. The molecular formula is C83H108F16O21S. The van der Waals surface area contributed by atoms with Gasteiger partial charge in [0.1, 0.15) is 25.1 Å². The molecule has 121 heavy (non-hydrogen) atoms. The number of Topliss-reactive ketones (excluding diaryl/α,β-unsaturated/α-hetero) is 1. The molecule has 0 amide bonds. The van der Waals surface area contributed by atoms with Crippen molar-refractivity contribution < 1.29 is 169 Å². The lowest BCUT2D eigenvalue weighted by Crippen LogP contribution is -2.65. The van der Waals surface area contributed by atoms with E-state index in [1.807, 2.05) is 0 Å². The Labute approximate surface area is 689 Å². The van der Waals surface area contributed by atoms with Crippen LogP contribution in [0.3, 0.4) is 0 Å². The summed E-state index contributed by atoms with van der Waals surface area (Å²) >= 11 is 0. The van der Waals surface area contributed by atoms with Crippen LogP contribution in [0.25, 0.3) is 0 Å². The first-order valence-electron chi connectivity index (χ1n) is 42.4. The molecule has 23 rings (SSSR count). The van der Waals surface area contributed by atoms with Gasteiger partial charge in [0.05, 0.1) is 56.4 Å². The summed E-state index contributed by atoms with van der Waals surface area (Å²) in [7, 11) is -3.60. The van der Waals surface area contributed by atoms with Crippen LogP contribution < -0.4 is 0 Å². The number of aliphatic hydroxyl groups is 1. The number of hydrogen-bond acceptors (Lipinski definition) is 21. The summed E-state index contributed by atoms with van der Waals surface area (Å²) in [4.78, 5) is 96.3. The van der Waals surface area contributed by atoms with E-state index in [0.717, 1.165) is 78.6 Å². The molecule has 16 unspecified atom stereocenters. The van der Waals surface area contributed by atoms with Gasteiger partial charge in [-0.05, 0) is 220 Å². The second-order valence-electron chi connectivity index (χ2n) is 40.9. The normalized spacial score (nSPS) is 41.7. The van der Waals surface area contributed by atoms with Gasteiger partial charge in [0.25, 0.3) is 45.7 Å². The van der Waals surface area contributed by atoms with Crippen LogP contribution in [0.15, 0.2) is 0 Å². The molecule has 3 heterocycles. The summed E-state index contributed by atoms with van der Waals surface area (Å²) in [5.74, 6) is -31.7. The number of esters is 7. The molecule has 1 spiro atoms. The predicted octanol–water partition coefficient (Wildman–Crippen LogP) is 14.8. The van der Waals surface area contributed by atoms with E-state index in [4.69, 9.17) is 37.3 Å². The fraction of sp³-hybridized carbons (Fsp3) is 0.904. The van der Waals surface area contributed by atoms with Crippen LogP contribution in [0.2, 0.25) is 0 Å². The van der Waals surface area contributed by atoms with Gasteiger partial charge in [0.15, 0.2) is 45.4 Å². The van der Waals surface area contributed by atoms with E-state index in [9.17, 15) is 122 Å². The molecule has 0 aromatic rings. The van der Waals surface area contributed by atoms with Crippen molar-refractivity contribution >= 4 is 57.7 Å². The molecule has 3 aliphatic heterocycles. The van der Waals surface area contributed by atoms with E-state index in [1.54, 1.807) is 0 Å². The van der Waals surface area contributed by atoms with Gasteiger partial charge < -0.3 is 47.7 Å². The van der Waals surface area contributed by atoms with E-state index in [-0.39, 0.29) is 77.9 Å². The number of carbonyl (C=O) groups is 8. The van der Waals surface area contributed by atoms with Crippen molar-refractivity contribution in [2.45, 2.75) is 285 Å². The van der Waals surface area contributed by atoms with E-state index < -0.39 is 214 Å². The van der Waals surface area contributed by atoms with Crippen LogP contribution >= 0.6 is 0 Å². The van der Waals surface area contributed by atoms with Crippen LogP contribution in [-0.4, -0.2) is 190 Å². The van der Waals surface area contributed by atoms with Crippen LogP contribution in [0.4, 0.5) is 70.2 Å². The number of alkyl halides is 16. The van der Waals surface area contributed by atoms with Crippen molar-refractivity contribution in [2.24, 2.45) is 128 Å². The van der Waals surface area contributed by atoms with Crippen LogP contribution in [0.5, 0.6) is 0 Å². The Bertz CT molecular complexity index is 3970. The van der Waals surface area contributed by atoms with Gasteiger partial charge in [-0.2, -0.15) is 26.0 Å². The monoisotopic (exact) mass is 1780 g/mol. The first-order valence-corrected chi connectivity index (χ1v) is 43.9. The van der Waals surface area contributed by atoms with Gasteiger partial charge in [0, 0.05) is 77.0 Å². The quantitative estimate of drug-likeness (QED) is 0.0577. The van der Waals surface area contributed by atoms with Crippen LogP contribution in [0, 0.1) is 128 Å². The lowest BCUT2D eigenvalue weighted by molar-refractivity contribution is -0.346. The van der Waals surface area contributed by atoms with Gasteiger partial charge in [-0.15, -0.1) is 0 Å². The van der Waals surface area contributed by atoms with Gasteiger partial charge in [-0.3, -0.25) is 42.5 Å². The summed E-state index contributed by atoms with van der Waals surface area (Å²) in [6, 6.07) is 0. The van der Waals surface area contributed by atoms with Gasteiger partial charge >= 0.3 is 53.6 Å². The molecule has 0 radical (unpaired) electrons. The standard InChI is InChI=1S/C18H22F6O4.C14H20F2O3.C14H18F2O3.C14H20F2O2.C12H14F2O4.C11H14F2O5S/c1-14(19,20)7-26-13(25)15-4-10-2-11(5-15)18(12(3-10)6-15)27-8-16(21,22)17(23,24)9-28-18;1-12(15,16)8-19-11(17)13-3-9-2-10(4-13)6-14(18,5-9)7-13;1-13(15,16)7-19-12(18)14-4-8-2-9(5-14)11(17)10(3-8)6-14;1-13(15,16)8-18-12(17)14-5-9-2-10(6-14)4-11(3-9)7-14;1-12(13,14)4-17-11(16)8-5-2-6-7(3-5)10(15)18-9(6)8;1-11(12,13)4-17-10(14)8-5-2-6-7(3-5)19(15,16)18-9(6)8/h10-12H,2-9H2,1H3;9-10,18H,2-8H2,1H3;8-10H,2-7H2,1H3;9-11H,2-8H2,1H3;5-9H,2-4H2,1H3;5-9H,2-4H2,1H3. The third-order valence-corrected chi connectivity index (χ3v) is 31.7. The van der Waals surface area contributed by atoms with Crippen molar-refractivity contribution in [1.82, 2.24) is 0 Å². The Balaban J connectivity index is 0.000000120. The van der Waals surface area contributed by atoms with Gasteiger partial charge in [-0.25, -0.2) is 52.7 Å². The van der Waals surface area contributed by atoms with Crippen molar-refractivity contribution in [3.8, 4) is 0 Å². The Morgan fingerprint density at radius 2 is 0.744 bits per heavy atom. The highest BCUT2D eigenvalue weighted by molar-refractivity contribution is 7.87. The molecule has 0 aromatic carbocycles. The molecule has 0 aromatic heterocycles. The van der Waals surface area contributed by atoms with E-state index in [0.29, 0.717) is 133 Å². The topological polar surface area (TPSA) is 283 Å². The Hall–Kier alpha value is -5.37. The average Bonchev–Trinajstić information content (AvgIpc) is 1.65. The lowest BCUT2D eigenvalue weighted by Gasteiger charge is -2.62. The summed E-state index contributed by atoms with van der Waals surface area (Å²) in [5, 5.41) is 9.96. The minimum absolute atomic E-state index is 0.0408. The zero-order chi connectivity index (χ0) is 88.4. The van der Waals surface area contributed by atoms with Crippen molar-refractivity contribution in [3.05, 3.63) is 0 Å². The molecular weight excluding hydrogens is 1670 g/mol. The number of hydrogen-bond donors (Lipinski definition) is 1. The maximum absolute atomic E-state index is 13.8. The molecule has 1 N–H and O–H groups in total. The fourth-order valence-corrected chi connectivity index (χ4v) is 28.5. The van der Waals surface area contributed by atoms with Gasteiger partial charge in [0.2, 0.25) is 0 Å². The van der Waals surface area contributed by atoms with Crippen molar-refractivity contribution in [1.29, 1.82) is 0 Å². The summed E-state index contributed by atoms with van der Waals surface area (Å²) < 4.78 is 281. The summed E-state index contributed by atoms with van der Waals surface area (Å²) in [6.07, 6.45) is 17.0. The predicted molar refractivity (Wildman–Crippen MR) is 384 cm³/mol. The molecule has 21 nitrogen and oxygen atoms in total. The number of ether oxygens (including phenoxy) is 9. The molecule has 20 bridgehead atoms. The summed E-state index contributed by atoms with van der Waals surface area (Å²) in [6.45, 7) is -4.07. The SMILES string of the molecule is CC(F)(F)COC(=O)C12CC3CC(C1)C(=O)C(C3)C2.CC(F)(F)COC(=O)C12CC3CC(C1)C1(OCC(F)(F)C(F)(F)CO1)C(C3)C2.CC(F)(F)COC(=O)C12CC3CC(CC(C3)C1)C2.CC(F)(F)COC(=O)C12CC3CC(CC(O)(C3)C1)C2.CC(F)(F)COC(=O)C1C2CC3C(=O)OC1C3C2.CC(F)(F)COC(=O)C1C2CC3C1OS(=O)(=O)C3C2. The third-order valence-electron chi connectivity index (χ3n) is 29.9. The highest BCUT2D eigenvalue weighted by Crippen LogP contribution is 2.69. The Kier molecular flexibility index (Phi) is 24.2. The maximum atomic E-state index is 13.8. The maximum Gasteiger partial charge on any atom is 0.335 e. The number of rotatable bonds is 18. The van der Waals surface area contributed by atoms with Crippen molar-refractivity contribution in [3.63, 3.8) is 0 Å². The lowest BCUT2D eigenvalue weighted by atomic mass is 9.47. The van der Waals surface area contributed by atoms with Crippen LogP contribution in [-0.2, 0) is 95.3 Å². The smallest absolute Gasteiger partial charge is 0.335 e. The number of fused-ring (bicyclic) bond motifs is 2. The molecule has 20 saturated carbocycles. The number of halogens is 16. The number of ketones is 1. The molecule has 684 valence electrons. The first kappa shape index (κ1) is 91.8. The Morgan fingerprint density at radius 3 is 1.16 bits per heavy atom. The molecule has 38 heteroatoms. The van der Waals surface area contributed by atoms with Gasteiger partial charge in [-0.1, -0.05) is 0 Å². The average molecular weight is 1780 g/mol. The summed E-state index contributed by atoms with van der Waals surface area (Å²) in [5.41, 5.74) is -3.56. The minimum Gasteiger partial charge on any atom is -0.461 e. The largest absolute Gasteiger partial charge is 0.461 e. The van der Waals surface area contributed by atoms with E-state index >= 15 is 0 Å². The fourth-order valence-electron chi connectivity index (χ4n) is 26.6. The minimum atomic E-state index is -4.35. The third kappa shape index (κ3) is 19.1. The zero-order valence-corrected chi connectivity index (χ0v) is 69.1. The van der Waals surface area contributed by atoms with E-state index in [2.05, 4.69) is 9.47 Å². The first-order chi connectivity index (χ1) is 55.7. The second kappa shape index (κ2) is 31.8. The second-order valence-corrected chi connectivity index (χ2v) is 42.7. The highest BCUT2D eigenvalue weighted by Gasteiger charge is 2.73. The zero-order valence-electron chi connectivity index (χ0n) is 68.2. The molecule has 3 saturated heterocycles.